The number of rotatable bonds is 4. The van der Waals surface area contributed by atoms with Crippen LogP contribution in [-0.2, 0) is 11.2 Å². The summed E-state index contributed by atoms with van der Waals surface area (Å²) in [5, 5.41) is 9.74. The lowest BCUT2D eigenvalue weighted by Gasteiger charge is -2.15. The predicted octanol–water partition coefficient (Wildman–Crippen LogP) is 4.65. The van der Waals surface area contributed by atoms with E-state index in [0.717, 1.165) is 0 Å². The van der Waals surface area contributed by atoms with E-state index in [-0.39, 0.29) is 6.42 Å². The van der Waals surface area contributed by atoms with E-state index in [9.17, 15) is 14.3 Å². The van der Waals surface area contributed by atoms with E-state index in [1.54, 1.807) is 36.4 Å². The fourth-order valence-corrected chi connectivity index (χ4v) is 2.60. The minimum Gasteiger partial charge on any atom is -0.481 e. The van der Waals surface area contributed by atoms with Crippen molar-refractivity contribution in [2.24, 2.45) is 0 Å². The fraction of sp³-hybridized carbons (Fsp3) is 0.133. The molecule has 0 aliphatic carbocycles. The third kappa shape index (κ3) is 3.38. The van der Waals surface area contributed by atoms with Gasteiger partial charge in [-0.25, -0.2) is 4.39 Å². The zero-order valence-corrected chi connectivity index (χ0v) is 12.7. The molecule has 1 N–H and O–H groups in total. The smallest absolute Gasteiger partial charge is 0.311 e. The van der Waals surface area contributed by atoms with Gasteiger partial charge in [0.25, 0.3) is 0 Å². The molecule has 0 bridgehead atoms. The first-order valence-electron chi connectivity index (χ1n) is 5.90. The molecular formula is C15H11BrClFO2. The molecule has 2 rings (SSSR count). The molecule has 104 valence electrons. The van der Waals surface area contributed by atoms with E-state index in [0.29, 0.717) is 20.6 Å². The molecule has 0 saturated carbocycles. The Morgan fingerprint density at radius 1 is 1.30 bits per heavy atom. The number of aliphatic carboxylic acids is 1. The highest BCUT2D eigenvalue weighted by Gasteiger charge is 2.23. The summed E-state index contributed by atoms with van der Waals surface area (Å²) >= 11 is 9.20. The molecule has 5 heteroatoms. The van der Waals surface area contributed by atoms with Gasteiger partial charge in [0.15, 0.2) is 0 Å². The van der Waals surface area contributed by atoms with Crippen LogP contribution >= 0.6 is 27.5 Å². The highest BCUT2D eigenvalue weighted by Crippen LogP contribution is 2.29. The number of carboxylic acid groups (broad SMARTS) is 1. The predicted molar refractivity (Wildman–Crippen MR) is 79.6 cm³/mol. The minimum atomic E-state index is -1.03. The Hall–Kier alpha value is -1.39. The number of benzene rings is 2. The van der Waals surface area contributed by atoms with E-state index in [1.165, 1.54) is 6.07 Å². The van der Waals surface area contributed by atoms with Crippen molar-refractivity contribution in [2.75, 3.05) is 0 Å². The topological polar surface area (TPSA) is 37.3 Å². The van der Waals surface area contributed by atoms with Crippen LogP contribution in [0.15, 0.2) is 46.9 Å². The van der Waals surface area contributed by atoms with Crippen molar-refractivity contribution in [3.63, 3.8) is 0 Å². The third-order valence-corrected chi connectivity index (χ3v) is 3.86. The Labute approximate surface area is 129 Å². The van der Waals surface area contributed by atoms with Gasteiger partial charge >= 0.3 is 5.97 Å². The Balaban J connectivity index is 2.36. The van der Waals surface area contributed by atoms with Crippen LogP contribution in [0.4, 0.5) is 4.39 Å². The molecule has 0 aromatic heterocycles. The quantitative estimate of drug-likeness (QED) is 0.864. The number of carboxylic acids is 1. The average Bonchev–Trinajstić information content (AvgIpc) is 2.39. The average molecular weight is 358 g/mol. The van der Waals surface area contributed by atoms with Crippen LogP contribution in [0.1, 0.15) is 17.0 Å². The van der Waals surface area contributed by atoms with Gasteiger partial charge in [-0.2, -0.15) is 0 Å². The molecule has 0 saturated heterocycles. The minimum absolute atomic E-state index is 0.0537. The maximum atomic E-state index is 13.8. The summed E-state index contributed by atoms with van der Waals surface area (Å²) in [4.78, 5) is 11.4. The van der Waals surface area contributed by atoms with Crippen molar-refractivity contribution in [3.8, 4) is 0 Å². The molecule has 0 fully saturated rings. The van der Waals surface area contributed by atoms with E-state index < -0.39 is 17.7 Å². The summed E-state index contributed by atoms with van der Waals surface area (Å²) < 4.78 is 14.4. The van der Waals surface area contributed by atoms with Crippen molar-refractivity contribution in [1.29, 1.82) is 0 Å². The first-order chi connectivity index (χ1) is 9.49. The molecule has 2 aromatic rings. The van der Waals surface area contributed by atoms with Crippen LogP contribution in [-0.4, -0.2) is 11.1 Å². The maximum absolute atomic E-state index is 13.8. The fourth-order valence-electron chi connectivity index (χ4n) is 2.00. The standard InChI is InChI=1S/C15H11BrClFO2/c16-10-6-5-9(14(18)8-10)7-12(15(19)20)11-3-1-2-4-13(11)17/h1-6,8,12H,7H2,(H,19,20). The summed E-state index contributed by atoms with van der Waals surface area (Å²) in [7, 11) is 0. The Morgan fingerprint density at radius 3 is 2.60 bits per heavy atom. The molecule has 20 heavy (non-hydrogen) atoms. The summed E-state index contributed by atoms with van der Waals surface area (Å²) in [5.41, 5.74) is 0.838. The Bertz CT molecular complexity index is 646. The zero-order valence-electron chi connectivity index (χ0n) is 10.3. The molecule has 2 aromatic carbocycles. The highest BCUT2D eigenvalue weighted by molar-refractivity contribution is 9.10. The zero-order chi connectivity index (χ0) is 14.7. The molecule has 0 aliphatic rings. The van der Waals surface area contributed by atoms with E-state index in [1.807, 2.05) is 0 Å². The van der Waals surface area contributed by atoms with Crippen molar-refractivity contribution in [2.45, 2.75) is 12.3 Å². The van der Waals surface area contributed by atoms with Gasteiger partial charge < -0.3 is 5.11 Å². The summed E-state index contributed by atoms with van der Waals surface area (Å²) in [6.45, 7) is 0. The molecule has 0 radical (unpaired) electrons. The normalized spacial score (nSPS) is 12.2. The molecule has 0 heterocycles. The largest absolute Gasteiger partial charge is 0.481 e. The van der Waals surface area contributed by atoms with Gasteiger partial charge in [0.1, 0.15) is 5.82 Å². The van der Waals surface area contributed by atoms with Gasteiger partial charge in [0, 0.05) is 9.50 Å². The lowest BCUT2D eigenvalue weighted by atomic mass is 9.92. The Kier molecular flexibility index (Phi) is 4.78. The highest BCUT2D eigenvalue weighted by atomic mass is 79.9. The lowest BCUT2D eigenvalue weighted by Crippen LogP contribution is -2.15. The van der Waals surface area contributed by atoms with Crippen LogP contribution in [0.5, 0.6) is 0 Å². The summed E-state index contributed by atoms with van der Waals surface area (Å²) in [6.07, 6.45) is 0.0537. The maximum Gasteiger partial charge on any atom is 0.311 e. The second kappa shape index (κ2) is 6.37. The molecule has 0 aliphatic heterocycles. The second-order valence-corrected chi connectivity index (χ2v) is 5.68. The van der Waals surface area contributed by atoms with Crippen molar-refractivity contribution in [1.82, 2.24) is 0 Å². The molecule has 0 spiro atoms. The van der Waals surface area contributed by atoms with E-state index >= 15 is 0 Å². The Morgan fingerprint density at radius 2 is 2.00 bits per heavy atom. The van der Waals surface area contributed by atoms with Crippen molar-refractivity contribution < 1.29 is 14.3 Å². The van der Waals surface area contributed by atoms with Crippen molar-refractivity contribution >= 4 is 33.5 Å². The van der Waals surface area contributed by atoms with E-state index in [4.69, 9.17) is 11.6 Å². The first kappa shape index (κ1) is 15.0. The first-order valence-corrected chi connectivity index (χ1v) is 7.07. The number of hydrogen-bond acceptors (Lipinski definition) is 1. The molecule has 1 atom stereocenters. The molecule has 1 unspecified atom stereocenters. The van der Waals surface area contributed by atoms with E-state index in [2.05, 4.69) is 15.9 Å². The number of carbonyl (C=O) groups is 1. The van der Waals surface area contributed by atoms with Crippen LogP contribution in [0.25, 0.3) is 0 Å². The van der Waals surface area contributed by atoms with Crippen LogP contribution in [0.2, 0.25) is 5.02 Å². The van der Waals surface area contributed by atoms with Gasteiger partial charge in [-0.15, -0.1) is 0 Å². The lowest BCUT2D eigenvalue weighted by molar-refractivity contribution is -0.138. The van der Waals surface area contributed by atoms with Gasteiger partial charge in [-0.1, -0.05) is 51.8 Å². The summed E-state index contributed by atoms with van der Waals surface area (Å²) in [5.74, 6) is -2.34. The van der Waals surface area contributed by atoms with Gasteiger partial charge in [-0.3, -0.25) is 4.79 Å². The molecular weight excluding hydrogens is 347 g/mol. The SMILES string of the molecule is O=C(O)C(Cc1ccc(Br)cc1F)c1ccccc1Cl. The molecule has 2 nitrogen and oxygen atoms in total. The third-order valence-electron chi connectivity index (χ3n) is 3.02. The number of hydrogen-bond donors (Lipinski definition) is 1. The summed E-state index contributed by atoms with van der Waals surface area (Å²) in [6, 6.07) is 11.3. The van der Waals surface area contributed by atoms with Gasteiger partial charge in [-0.05, 0) is 35.7 Å². The van der Waals surface area contributed by atoms with Gasteiger partial charge in [0.2, 0.25) is 0 Å². The van der Waals surface area contributed by atoms with Gasteiger partial charge in [0.05, 0.1) is 5.92 Å². The monoisotopic (exact) mass is 356 g/mol. The number of halogens is 3. The van der Waals surface area contributed by atoms with Crippen LogP contribution in [0.3, 0.4) is 0 Å². The second-order valence-electron chi connectivity index (χ2n) is 4.35. The van der Waals surface area contributed by atoms with Crippen LogP contribution in [0, 0.1) is 5.82 Å². The molecule has 0 amide bonds. The van der Waals surface area contributed by atoms with Crippen LogP contribution < -0.4 is 0 Å². The van der Waals surface area contributed by atoms with Crippen molar-refractivity contribution in [3.05, 3.63) is 68.9 Å².